The number of nitro groups is 1. The average molecular weight is 252 g/mol. The van der Waals surface area contributed by atoms with Crippen LogP contribution < -0.4 is 0 Å². The van der Waals surface area contributed by atoms with E-state index in [4.69, 9.17) is 4.74 Å². The molecule has 0 atom stereocenters. The van der Waals surface area contributed by atoms with E-state index < -0.39 is 16.5 Å². The summed E-state index contributed by atoms with van der Waals surface area (Å²) in [6.45, 7) is 7.02. The monoisotopic (exact) mass is 252 g/mol. The normalized spacial score (nSPS) is 11.1. The van der Waals surface area contributed by atoms with Crippen molar-refractivity contribution in [2.24, 2.45) is 0 Å². The average Bonchev–Trinajstić information content (AvgIpc) is 2.17. The molecule has 98 valence electrons. The predicted octanol–water partition coefficient (Wildman–Crippen LogP) is 2.18. The molecule has 0 bridgehead atoms. The second kappa shape index (κ2) is 5.12. The highest BCUT2D eigenvalue weighted by Gasteiger charge is 2.18. The van der Waals surface area contributed by atoms with Gasteiger partial charge >= 0.3 is 5.97 Å². The fraction of sp³-hybridized carbons (Fsp3) is 0.500. The van der Waals surface area contributed by atoms with Gasteiger partial charge in [0.15, 0.2) is 0 Å². The minimum Gasteiger partial charge on any atom is -0.460 e. The molecule has 0 fully saturated rings. The number of hydrogen-bond acceptors (Lipinski definition) is 5. The number of esters is 1. The molecule has 0 aliphatic rings. The van der Waals surface area contributed by atoms with Gasteiger partial charge in [-0.1, -0.05) is 0 Å². The molecule has 1 heterocycles. The standard InChI is InChI=1S/C12H16N2O4/c1-8-5-9(14(16)17)7-13-10(8)6-11(15)18-12(2,3)4/h5,7H,6H2,1-4H3. The molecule has 0 aliphatic heterocycles. The minimum atomic E-state index is -0.550. The second-order valence-electron chi connectivity index (χ2n) is 4.98. The van der Waals surface area contributed by atoms with Crippen LogP contribution in [0.1, 0.15) is 32.0 Å². The summed E-state index contributed by atoms with van der Waals surface area (Å²) >= 11 is 0. The minimum absolute atomic E-state index is 0.0150. The molecule has 0 N–H and O–H groups in total. The molecule has 0 saturated carbocycles. The van der Waals surface area contributed by atoms with Gasteiger partial charge in [0.2, 0.25) is 0 Å². The Morgan fingerprint density at radius 1 is 1.50 bits per heavy atom. The van der Waals surface area contributed by atoms with Gasteiger partial charge < -0.3 is 4.74 Å². The fourth-order valence-electron chi connectivity index (χ4n) is 1.39. The maximum atomic E-state index is 11.6. The Bertz CT molecular complexity index is 477. The lowest BCUT2D eigenvalue weighted by Gasteiger charge is -2.19. The van der Waals surface area contributed by atoms with E-state index in [-0.39, 0.29) is 12.1 Å². The molecule has 18 heavy (non-hydrogen) atoms. The van der Waals surface area contributed by atoms with Crippen molar-refractivity contribution in [3.05, 3.63) is 33.6 Å². The van der Waals surface area contributed by atoms with Crippen LogP contribution in [0.4, 0.5) is 5.69 Å². The Labute approximate surface area is 105 Å². The number of ether oxygens (including phenoxy) is 1. The quantitative estimate of drug-likeness (QED) is 0.467. The molecule has 0 saturated heterocycles. The maximum absolute atomic E-state index is 11.6. The molecule has 1 rings (SSSR count). The first-order chi connectivity index (χ1) is 8.19. The molecular weight excluding hydrogens is 236 g/mol. The summed E-state index contributed by atoms with van der Waals surface area (Å²) in [5.74, 6) is -0.396. The number of carbonyl (C=O) groups excluding carboxylic acids is 1. The number of pyridine rings is 1. The lowest BCUT2D eigenvalue weighted by Crippen LogP contribution is -2.25. The van der Waals surface area contributed by atoms with Gasteiger partial charge in [0.1, 0.15) is 11.8 Å². The third-order valence-corrected chi connectivity index (χ3v) is 2.11. The van der Waals surface area contributed by atoms with Gasteiger partial charge in [-0.2, -0.15) is 0 Å². The highest BCUT2D eigenvalue weighted by atomic mass is 16.6. The van der Waals surface area contributed by atoms with Crippen molar-refractivity contribution in [1.29, 1.82) is 0 Å². The summed E-state index contributed by atoms with van der Waals surface area (Å²) in [6, 6.07) is 1.40. The number of nitrogens with zero attached hydrogens (tertiary/aromatic N) is 2. The van der Waals surface area contributed by atoms with Crippen LogP contribution >= 0.6 is 0 Å². The van der Waals surface area contributed by atoms with Crippen LogP contribution in [0.5, 0.6) is 0 Å². The summed E-state index contributed by atoms with van der Waals surface area (Å²) in [4.78, 5) is 25.6. The van der Waals surface area contributed by atoms with E-state index in [2.05, 4.69) is 4.98 Å². The van der Waals surface area contributed by atoms with E-state index >= 15 is 0 Å². The van der Waals surface area contributed by atoms with Gasteiger partial charge in [-0.3, -0.25) is 19.9 Å². The van der Waals surface area contributed by atoms with E-state index in [0.717, 1.165) is 6.20 Å². The van der Waals surface area contributed by atoms with E-state index in [0.29, 0.717) is 11.3 Å². The molecule has 0 amide bonds. The molecule has 0 aromatic carbocycles. The molecule has 1 aromatic heterocycles. The van der Waals surface area contributed by atoms with Crippen LogP contribution in [0.3, 0.4) is 0 Å². The number of carbonyl (C=O) groups is 1. The lowest BCUT2D eigenvalue weighted by atomic mass is 10.1. The smallest absolute Gasteiger partial charge is 0.312 e. The van der Waals surface area contributed by atoms with Crippen molar-refractivity contribution in [1.82, 2.24) is 4.98 Å². The number of aryl methyl sites for hydroxylation is 1. The highest BCUT2D eigenvalue weighted by molar-refractivity contribution is 5.73. The lowest BCUT2D eigenvalue weighted by molar-refractivity contribution is -0.385. The van der Waals surface area contributed by atoms with Gasteiger partial charge in [-0.25, -0.2) is 0 Å². The third kappa shape index (κ3) is 4.12. The molecule has 0 aliphatic carbocycles. The third-order valence-electron chi connectivity index (χ3n) is 2.11. The van der Waals surface area contributed by atoms with Crippen molar-refractivity contribution in [2.75, 3.05) is 0 Å². The predicted molar refractivity (Wildman–Crippen MR) is 65.2 cm³/mol. The Morgan fingerprint density at radius 3 is 2.56 bits per heavy atom. The van der Waals surface area contributed by atoms with Crippen LogP contribution in [0.2, 0.25) is 0 Å². The summed E-state index contributed by atoms with van der Waals surface area (Å²) in [6.07, 6.45) is 1.16. The first kappa shape index (κ1) is 14.1. The molecule has 1 aromatic rings. The van der Waals surface area contributed by atoms with Gasteiger partial charge in [-0.05, 0) is 33.3 Å². The summed E-state index contributed by atoms with van der Waals surface area (Å²) in [5, 5.41) is 10.5. The Hall–Kier alpha value is -1.98. The Kier molecular flexibility index (Phi) is 4.00. The molecule has 6 nitrogen and oxygen atoms in total. The summed E-state index contributed by atoms with van der Waals surface area (Å²) in [5.41, 5.74) is 0.469. The molecule has 6 heteroatoms. The number of aromatic nitrogens is 1. The van der Waals surface area contributed by atoms with Crippen molar-refractivity contribution >= 4 is 11.7 Å². The maximum Gasteiger partial charge on any atom is 0.312 e. The largest absolute Gasteiger partial charge is 0.460 e. The van der Waals surface area contributed by atoms with E-state index in [1.54, 1.807) is 27.7 Å². The molecule has 0 unspecified atom stereocenters. The summed E-state index contributed by atoms with van der Waals surface area (Å²) in [7, 11) is 0. The van der Waals surface area contributed by atoms with Gasteiger partial charge in [0.05, 0.1) is 17.0 Å². The van der Waals surface area contributed by atoms with Crippen molar-refractivity contribution in [2.45, 2.75) is 39.7 Å². The van der Waals surface area contributed by atoms with Crippen LogP contribution in [0.25, 0.3) is 0 Å². The van der Waals surface area contributed by atoms with E-state index in [1.165, 1.54) is 6.07 Å². The number of rotatable bonds is 3. The van der Waals surface area contributed by atoms with Gasteiger partial charge in [0.25, 0.3) is 5.69 Å². The Balaban J connectivity index is 2.80. The molecular formula is C12H16N2O4. The summed E-state index contributed by atoms with van der Waals surface area (Å²) < 4.78 is 5.16. The SMILES string of the molecule is Cc1cc([N+](=O)[O-])cnc1CC(=O)OC(C)(C)C. The topological polar surface area (TPSA) is 82.3 Å². The van der Waals surface area contributed by atoms with Crippen LogP contribution in [0.15, 0.2) is 12.3 Å². The first-order valence-electron chi connectivity index (χ1n) is 5.51. The Morgan fingerprint density at radius 2 is 2.11 bits per heavy atom. The van der Waals surface area contributed by atoms with E-state index in [1.807, 2.05) is 0 Å². The highest BCUT2D eigenvalue weighted by Crippen LogP contribution is 2.16. The van der Waals surface area contributed by atoms with Gasteiger partial charge in [-0.15, -0.1) is 0 Å². The zero-order valence-corrected chi connectivity index (χ0v) is 10.9. The second-order valence-corrected chi connectivity index (χ2v) is 4.98. The fourth-order valence-corrected chi connectivity index (χ4v) is 1.39. The zero-order valence-electron chi connectivity index (χ0n) is 10.9. The van der Waals surface area contributed by atoms with Crippen LogP contribution in [-0.2, 0) is 16.0 Å². The zero-order chi connectivity index (χ0) is 13.9. The van der Waals surface area contributed by atoms with E-state index in [9.17, 15) is 14.9 Å². The molecule has 0 radical (unpaired) electrons. The van der Waals surface area contributed by atoms with Crippen molar-refractivity contribution in [3.8, 4) is 0 Å². The van der Waals surface area contributed by atoms with Crippen molar-refractivity contribution in [3.63, 3.8) is 0 Å². The first-order valence-corrected chi connectivity index (χ1v) is 5.51. The number of hydrogen-bond donors (Lipinski definition) is 0. The van der Waals surface area contributed by atoms with Crippen molar-refractivity contribution < 1.29 is 14.5 Å². The van der Waals surface area contributed by atoms with Gasteiger partial charge in [0, 0.05) is 6.07 Å². The molecule has 0 spiro atoms. The van der Waals surface area contributed by atoms with Crippen LogP contribution in [0, 0.1) is 17.0 Å². The van der Waals surface area contributed by atoms with Crippen LogP contribution in [-0.4, -0.2) is 21.5 Å².